The minimum atomic E-state index is -0.771. The molecule has 2 N–H and O–H groups in total. The third-order valence-corrected chi connectivity index (χ3v) is 2.22. The third kappa shape index (κ3) is 3.16. The third-order valence-electron chi connectivity index (χ3n) is 2.22. The van der Waals surface area contributed by atoms with Crippen molar-refractivity contribution in [1.29, 1.82) is 5.41 Å². The van der Waals surface area contributed by atoms with Gasteiger partial charge in [-0.15, -0.1) is 0 Å². The molecule has 0 atom stereocenters. The molecule has 0 heterocycles. The molecule has 96 valence electrons. The molecule has 0 saturated heterocycles. The lowest BCUT2D eigenvalue weighted by Gasteiger charge is -2.09. The highest BCUT2D eigenvalue weighted by atomic mass is 19.1. The highest BCUT2D eigenvalue weighted by molar-refractivity contribution is 6.25. The largest absolute Gasteiger partial charge is 0.512 e. The topological polar surface area (TPSA) is 70.4 Å². The summed E-state index contributed by atoms with van der Waals surface area (Å²) in [5.41, 5.74) is -0.0928. The number of rotatable bonds is 4. The van der Waals surface area contributed by atoms with Crippen LogP contribution in [-0.4, -0.2) is 23.4 Å². The molecule has 1 aromatic carbocycles. The SMILES string of the molecule is CCOC(=O)C(C(=N)c1ccc(F)cc1)=C(C)O. The fourth-order valence-electron chi connectivity index (χ4n) is 1.39. The van der Waals surface area contributed by atoms with Crippen molar-refractivity contribution in [1.82, 2.24) is 0 Å². The van der Waals surface area contributed by atoms with E-state index in [4.69, 9.17) is 10.1 Å². The first-order valence-corrected chi connectivity index (χ1v) is 5.39. The van der Waals surface area contributed by atoms with Crippen molar-refractivity contribution >= 4 is 11.7 Å². The van der Waals surface area contributed by atoms with Gasteiger partial charge in [0, 0.05) is 5.56 Å². The number of hydrogen-bond donors (Lipinski definition) is 2. The minimum absolute atomic E-state index is 0.145. The second-order valence-corrected chi connectivity index (χ2v) is 3.56. The summed E-state index contributed by atoms with van der Waals surface area (Å²) in [7, 11) is 0. The van der Waals surface area contributed by atoms with Crippen LogP contribution in [0, 0.1) is 11.2 Å². The van der Waals surface area contributed by atoms with E-state index < -0.39 is 11.8 Å². The minimum Gasteiger partial charge on any atom is -0.512 e. The smallest absolute Gasteiger partial charge is 0.343 e. The molecule has 0 spiro atoms. The second-order valence-electron chi connectivity index (χ2n) is 3.56. The van der Waals surface area contributed by atoms with Gasteiger partial charge >= 0.3 is 5.97 Å². The van der Waals surface area contributed by atoms with Gasteiger partial charge in [-0.2, -0.15) is 0 Å². The number of benzene rings is 1. The van der Waals surface area contributed by atoms with Crippen molar-refractivity contribution in [2.45, 2.75) is 13.8 Å². The number of allylic oxidation sites excluding steroid dienone is 1. The molecular formula is C13H14FNO3. The average Bonchev–Trinajstić information content (AvgIpc) is 2.29. The lowest BCUT2D eigenvalue weighted by Crippen LogP contribution is -2.18. The lowest BCUT2D eigenvalue weighted by atomic mass is 10.0. The van der Waals surface area contributed by atoms with Crippen molar-refractivity contribution in [2.75, 3.05) is 6.61 Å². The van der Waals surface area contributed by atoms with E-state index in [-0.39, 0.29) is 23.7 Å². The molecular weight excluding hydrogens is 237 g/mol. The maximum atomic E-state index is 12.8. The van der Waals surface area contributed by atoms with E-state index >= 15 is 0 Å². The molecule has 0 bridgehead atoms. The summed E-state index contributed by atoms with van der Waals surface area (Å²) in [5, 5.41) is 17.3. The second kappa shape index (κ2) is 5.95. The lowest BCUT2D eigenvalue weighted by molar-refractivity contribution is -0.138. The van der Waals surface area contributed by atoms with E-state index in [0.29, 0.717) is 5.56 Å². The number of hydrogen-bond acceptors (Lipinski definition) is 4. The van der Waals surface area contributed by atoms with E-state index in [1.807, 2.05) is 0 Å². The molecule has 0 aliphatic rings. The van der Waals surface area contributed by atoms with Crippen LogP contribution in [0.3, 0.4) is 0 Å². The van der Waals surface area contributed by atoms with Gasteiger partial charge in [-0.3, -0.25) is 5.41 Å². The molecule has 18 heavy (non-hydrogen) atoms. The van der Waals surface area contributed by atoms with Crippen molar-refractivity contribution in [3.8, 4) is 0 Å². The number of carbonyl (C=O) groups excluding carboxylic acids is 1. The summed E-state index contributed by atoms with van der Waals surface area (Å²) in [5.74, 6) is -1.51. The van der Waals surface area contributed by atoms with Crippen molar-refractivity contribution in [3.63, 3.8) is 0 Å². The monoisotopic (exact) mass is 251 g/mol. The van der Waals surface area contributed by atoms with Crippen LogP contribution in [0.15, 0.2) is 35.6 Å². The fraction of sp³-hybridized carbons (Fsp3) is 0.231. The summed E-state index contributed by atoms with van der Waals surface area (Å²) in [4.78, 5) is 11.6. The summed E-state index contributed by atoms with van der Waals surface area (Å²) in [6.45, 7) is 3.07. The first-order valence-electron chi connectivity index (χ1n) is 5.39. The van der Waals surface area contributed by atoms with Crippen LogP contribution in [-0.2, 0) is 9.53 Å². The van der Waals surface area contributed by atoms with Crippen molar-refractivity contribution in [2.24, 2.45) is 0 Å². The predicted octanol–water partition coefficient (Wildman–Crippen LogP) is 2.59. The fourth-order valence-corrected chi connectivity index (χ4v) is 1.39. The molecule has 0 aliphatic heterocycles. The van der Waals surface area contributed by atoms with Crippen molar-refractivity contribution in [3.05, 3.63) is 47.0 Å². The number of aliphatic hydroxyl groups is 1. The van der Waals surface area contributed by atoms with E-state index in [9.17, 15) is 14.3 Å². The van der Waals surface area contributed by atoms with Gasteiger partial charge in [0.1, 0.15) is 17.1 Å². The number of ether oxygens (including phenoxy) is 1. The summed E-state index contributed by atoms with van der Waals surface area (Å²) < 4.78 is 17.5. The first-order chi connectivity index (χ1) is 8.47. The summed E-state index contributed by atoms with van der Waals surface area (Å²) in [6, 6.07) is 5.08. The van der Waals surface area contributed by atoms with Crippen LogP contribution in [0.25, 0.3) is 0 Å². The van der Waals surface area contributed by atoms with Gasteiger partial charge in [-0.1, -0.05) is 0 Å². The number of carbonyl (C=O) groups is 1. The maximum Gasteiger partial charge on any atom is 0.343 e. The van der Waals surface area contributed by atoms with Gasteiger partial charge in [0.15, 0.2) is 0 Å². The van der Waals surface area contributed by atoms with Crippen LogP contribution in [0.2, 0.25) is 0 Å². The van der Waals surface area contributed by atoms with Gasteiger partial charge in [-0.25, -0.2) is 9.18 Å². The quantitative estimate of drug-likeness (QED) is 0.374. The zero-order valence-corrected chi connectivity index (χ0v) is 10.2. The van der Waals surface area contributed by atoms with E-state index in [1.54, 1.807) is 6.92 Å². The van der Waals surface area contributed by atoms with Crippen molar-refractivity contribution < 1.29 is 19.0 Å². The maximum absolute atomic E-state index is 12.8. The predicted molar refractivity (Wildman–Crippen MR) is 65.2 cm³/mol. The molecule has 4 nitrogen and oxygen atoms in total. The molecule has 1 rings (SSSR count). The Balaban J connectivity index is 3.09. The van der Waals surface area contributed by atoms with Gasteiger partial charge < -0.3 is 9.84 Å². The number of halogens is 1. The van der Waals surface area contributed by atoms with Crippen LogP contribution in [0.4, 0.5) is 4.39 Å². The van der Waals surface area contributed by atoms with Gasteiger partial charge in [-0.05, 0) is 38.1 Å². The molecule has 0 aliphatic carbocycles. The molecule has 0 radical (unpaired) electrons. The van der Waals surface area contributed by atoms with E-state index in [1.165, 1.54) is 31.2 Å². The molecule has 0 amide bonds. The Morgan fingerprint density at radius 3 is 2.39 bits per heavy atom. The number of aliphatic hydroxyl groups excluding tert-OH is 1. The van der Waals surface area contributed by atoms with E-state index in [2.05, 4.69) is 0 Å². The number of esters is 1. The van der Waals surface area contributed by atoms with Crippen LogP contribution < -0.4 is 0 Å². The number of nitrogens with one attached hydrogen (secondary N) is 1. The Bertz CT molecular complexity index is 487. The van der Waals surface area contributed by atoms with Crippen LogP contribution >= 0.6 is 0 Å². The Kier molecular flexibility index (Phi) is 4.59. The molecule has 0 fully saturated rings. The zero-order chi connectivity index (χ0) is 13.7. The normalized spacial score (nSPS) is 11.7. The van der Waals surface area contributed by atoms with Gasteiger partial charge in [0.05, 0.1) is 12.3 Å². The average molecular weight is 251 g/mol. The molecule has 1 aromatic rings. The Hall–Kier alpha value is -2.17. The van der Waals surface area contributed by atoms with E-state index in [0.717, 1.165) is 0 Å². The Morgan fingerprint density at radius 1 is 1.39 bits per heavy atom. The van der Waals surface area contributed by atoms with Gasteiger partial charge in [0.25, 0.3) is 0 Å². The summed E-state index contributed by atoms with van der Waals surface area (Å²) >= 11 is 0. The highest BCUT2D eigenvalue weighted by Crippen LogP contribution is 2.14. The van der Waals surface area contributed by atoms with Crippen LogP contribution in [0.5, 0.6) is 0 Å². The zero-order valence-electron chi connectivity index (χ0n) is 10.2. The Labute approximate surface area is 104 Å². The highest BCUT2D eigenvalue weighted by Gasteiger charge is 2.20. The first kappa shape index (κ1) is 13.9. The molecule has 5 heteroatoms. The van der Waals surface area contributed by atoms with Crippen LogP contribution in [0.1, 0.15) is 19.4 Å². The Morgan fingerprint density at radius 2 is 1.94 bits per heavy atom. The summed E-state index contributed by atoms with van der Waals surface area (Å²) in [6.07, 6.45) is 0. The van der Waals surface area contributed by atoms with Gasteiger partial charge in [0.2, 0.25) is 0 Å². The molecule has 0 aromatic heterocycles. The standard InChI is InChI=1S/C13H14FNO3/c1-3-18-13(17)11(8(2)16)12(15)9-4-6-10(14)7-5-9/h4-7,15-16H,3H2,1-2H3. The molecule has 0 unspecified atom stereocenters. The molecule has 0 saturated carbocycles.